The van der Waals surface area contributed by atoms with Crippen LogP contribution in [0.2, 0.25) is 5.02 Å². The normalized spacial score (nSPS) is 16.3. The monoisotopic (exact) mass is 348 g/mol. The topological polar surface area (TPSA) is 61.6 Å². The first-order chi connectivity index (χ1) is 11.5. The molecule has 1 fully saturated rings. The van der Waals surface area contributed by atoms with Gasteiger partial charge in [-0.1, -0.05) is 17.7 Å². The molecule has 0 radical (unpaired) electrons. The molecule has 1 saturated heterocycles. The zero-order valence-corrected chi connectivity index (χ0v) is 14.6. The van der Waals surface area contributed by atoms with E-state index in [1.807, 2.05) is 18.2 Å². The summed E-state index contributed by atoms with van der Waals surface area (Å²) in [5, 5.41) is 15.0. The van der Waals surface area contributed by atoms with E-state index in [1.165, 1.54) is 6.20 Å². The lowest BCUT2D eigenvalue weighted by molar-refractivity contribution is -0.140. The van der Waals surface area contributed by atoms with Gasteiger partial charge in [-0.25, -0.2) is 0 Å². The molecule has 7 heteroatoms. The molecular formula is C17H21ClN4O2. The number of aliphatic hydroxyl groups excluding tert-OH is 1. The summed E-state index contributed by atoms with van der Waals surface area (Å²) in [4.78, 5) is 16.4. The lowest BCUT2D eigenvalue weighted by atomic mass is 10.1. The molecule has 1 aromatic heterocycles. The number of aromatic nitrogens is 2. The minimum atomic E-state index is -1.15. The predicted octanol–water partition coefficient (Wildman–Crippen LogP) is 1.76. The summed E-state index contributed by atoms with van der Waals surface area (Å²) in [6.07, 6.45) is 2.03. The van der Waals surface area contributed by atoms with Crippen molar-refractivity contribution in [2.24, 2.45) is 7.05 Å². The Bertz CT molecular complexity index is 738. The molecule has 0 saturated carbocycles. The van der Waals surface area contributed by atoms with Gasteiger partial charge in [0.2, 0.25) is 0 Å². The quantitative estimate of drug-likeness (QED) is 0.918. The van der Waals surface area contributed by atoms with E-state index in [9.17, 15) is 9.90 Å². The molecule has 1 amide bonds. The first kappa shape index (κ1) is 16.8. The zero-order valence-electron chi connectivity index (χ0n) is 13.8. The molecule has 6 nitrogen and oxygen atoms in total. The predicted molar refractivity (Wildman–Crippen MR) is 93.1 cm³/mol. The van der Waals surface area contributed by atoms with Gasteiger partial charge in [-0.3, -0.25) is 9.48 Å². The van der Waals surface area contributed by atoms with Gasteiger partial charge >= 0.3 is 0 Å². The lowest BCUT2D eigenvalue weighted by Crippen LogP contribution is -2.50. The SMILES string of the molecule is Cc1ccc(Cl)cc1N1CCN(C(=O)[C@H](O)c2cnn(C)c2)CC1. The third-order valence-electron chi connectivity index (χ3n) is 4.38. The van der Waals surface area contributed by atoms with Gasteiger partial charge in [0.25, 0.3) is 5.91 Å². The lowest BCUT2D eigenvalue weighted by Gasteiger charge is -2.37. The van der Waals surface area contributed by atoms with Gasteiger partial charge < -0.3 is 14.9 Å². The fraction of sp³-hybridized carbons (Fsp3) is 0.412. The molecule has 0 aliphatic carbocycles. The van der Waals surface area contributed by atoms with Gasteiger partial charge in [-0.05, 0) is 24.6 Å². The van der Waals surface area contributed by atoms with Crippen molar-refractivity contribution in [3.05, 3.63) is 46.7 Å². The van der Waals surface area contributed by atoms with Crippen LogP contribution in [0, 0.1) is 6.92 Å². The molecule has 1 N–H and O–H groups in total. The molecule has 0 spiro atoms. The van der Waals surface area contributed by atoms with Crippen LogP contribution < -0.4 is 4.90 Å². The number of hydrogen-bond donors (Lipinski definition) is 1. The fourth-order valence-electron chi connectivity index (χ4n) is 2.99. The van der Waals surface area contributed by atoms with Crippen molar-refractivity contribution in [2.75, 3.05) is 31.1 Å². The third-order valence-corrected chi connectivity index (χ3v) is 4.61. The Hall–Kier alpha value is -2.05. The number of hydrogen-bond acceptors (Lipinski definition) is 4. The van der Waals surface area contributed by atoms with Crippen molar-refractivity contribution in [3.63, 3.8) is 0 Å². The molecule has 3 rings (SSSR count). The highest BCUT2D eigenvalue weighted by molar-refractivity contribution is 6.30. The van der Waals surface area contributed by atoms with E-state index in [0.29, 0.717) is 36.8 Å². The maximum Gasteiger partial charge on any atom is 0.256 e. The second-order valence-electron chi connectivity index (χ2n) is 6.09. The molecule has 2 heterocycles. The zero-order chi connectivity index (χ0) is 17.3. The first-order valence-corrected chi connectivity index (χ1v) is 8.30. The number of aryl methyl sites for hydroxylation is 2. The number of carbonyl (C=O) groups is 1. The van der Waals surface area contributed by atoms with Gasteiger partial charge in [-0.15, -0.1) is 0 Å². The Morgan fingerprint density at radius 2 is 2.00 bits per heavy atom. The van der Waals surface area contributed by atoms with Crippen LogP contribution >= 0.6 is 11.6 Å². The number of piperazine rings is 1. The highest BCUT2D eigenvalue weighted by Crippen LogP contribution is 2.26. The van der Waals surface area contributed by atoms with E-state index >= 15 is 0 Å². The molecule has 1 aliphatic heterocycles. The van der Waals surface area contributed by atoms with E-state index in [1.54, 1.807) is 22.8 Å². The van der Waals surface area contributed by atoms with Gasteiger partial charge in [0.05, 0.1) is 6.20 Å². The molecule has 0 bridgehead atoms. The largest absolute Gasteiger partial charge is 0.378 e. The Morgan fingerprint density at radius 3 is 2.62 bits per heavy atom. The Labute approximate surface area is 146 Å². The summed E-state index contributed by atoms with van der Waals surface area (Å²) in [5.41, 5.74) is 2.78. The van der Waals surface area contributed by atoms with Crippen LogP contribution in [0.4, 0.5) is 5.69 Å². The minimum Gasteiger partial charge on any atom is -0.378 e. The minimum absolute atomic E-state index is 0.273. The van der Waals surface area contributed by atoms with Gasteiger partial charge in [-0.2, -0.15) is 5.10 Å². The number of benzene rings is 1. The molecule has 24 heavy (non-hydrogen) atoms. The Morgan fingerprint density at radius 1 is 1.29 bits per heavy atom. The molecule has 128 valence electrons. The molecule has 0 unspecified atom stereocenters. The van der Waals surface area contributed by atoms with Crippen molar-refractivity contribution in [3.8, 4) is 0 Å². The molecule has 1 atom stereocenters. The van der Waals surface area contributed by atoms with Crippen molar-refractivity contribution in [1.82, 2.24) is 14.7 Å². The van der Waals surface area contributed by atoms with Gasteiger partial charge in [0.15, 0.2) is 6.10 Å². The molecular weight excluding hydrogens is 328 g/mol. The number of carbonyl (C=O) groups excluding carboxylic acids is 1. The Balaban J connectivity index is 1.64. The molecule has 1 aromatic carbocycles. The van der Waals surface area contributed by atoms with Gasteiger partial charge in [0, 0.05) is 55.7 Å². The van der Waals surface area contributed by atoms with E-state index in [0.717, 1.165) is 11.3 Å². The van der Waals surface area contributed by atoms with Crippen LogP contribution in [-0.4, -0.2) is 51.9 Å². The number of amides is 1. The van der Waals surface area contributed by atoms with Crippen molar-refractivity contribution >= 4 is 23.2 Å². The van der Waals surface area contributed by atoms with Crippen LogP contribution in [0.1, 0.15) is 17.2 Å². The summed E-state index contributed by atoms with van der Waals surface area (Å²) >= 11 is 6.09. The van der Waals surface area contributed by atoms with Gasteiger partial charge in [0.1, 0.15) is 0 Å². The highest BCUT2D eigenvalue weighted by atomic mass is 35.5. The van der Waals surface area contributed by atoms with Crippen molar-refractivity contribution in [2.45, 2.75) is 13.0 Å². The number of halogens is 1. The van der Waals surface area contributed by atoms with Crippen molar-refractivity contribution < 1.29 is 9.90 Å². The number of nitrogens with zero attached hydrogens (tertiary/aromatic N) is 4. The second kappa shape index (κ2) is 6.83. The summed E-state index contributed by atoms with van der Waals surface area (Å²) in [6, 6.07) is 5.84. The summed E-state index contributed by atoms with van der Waals surface area (Å²) in [7, 11) is 1.76. The second-order valence-corrected chi connectivity index (χ2v) is 6.53. The van der Waals surface area contributed by atoms with Crippen LogP contribution in [0.5, 0.6) is 0 Å². The number of aliphatic hydroxyl groups is 1. The molecule has 1 aliphatic rings. The van der Waals surface area contributed by atoms with Crippen LogP contribution in [0.3, 0.4) is 0 Å². The average molecular weight is 349 g/mol. The standard InChI is InChI=1S/C17H21ClN4O2/c1-12-3-4-14(18)9-15(12)21-5-7-22(8-6-21)17(24)16(23)13-10-19-20(2)11-13/h3-4,9-11,16,23H,5-8H2,1-2H3/t16-/m1/s1. The maximum atomic E-state index is 12.5. The molecule has 2 aromatic rings. The summed E-state index contributed by atoms with van der Waals surface area (Å²) < 4.78 is 1.58. The number of anilines is 1. The Kier molecular flexibility index (Phi) is 4.78. The number of rotatable bonds is 3. The first-order valence-electron chi connectivity index (χ1n) is 7.92. The highest BCUT2D eigenvalue weighted by Gasteiger charge is 2.28. The maximum absolute atomic E-state index is 12.5. The van der Waals surface area contributed by atoms with Crippen LogP contribution in [0.15, 0.2) is 30.6 Å². The van der Waals surface area contributed by atoms with E-state index in [2.05, 4.69) is 16.9 Å². The van der Waals surface area contributed by atoms with E-state index < -0.39 is 6.10 Å². The van der Waals surface area contributed by atoms with Crippen LogP contribution in [-0.2, 0) is 11.8 Å². The van der Waals surface area contributed by atoms with E-state index in [-0.39, 0.29) is 5.91 Å². The average Bonchev–Trinajstić information content (AvgIpc) is 3.02. The third kappa shape index (κ3) is 3.39. The fourth-order valence-corrected chi connectivity index (χ4v) is 3.15. The van der Waals surface area contributed by atoms with Crippen molar-refractivity contribution in [1.29, 1.82) is 0 Å². The summed E-state index contributed by atoms with van der Waals surface area (Å²) in [6.45, 7) is 4.62. The summed E-state index contributed by atoms with van der Waals surface area (Å²) in [5.74, 6) is -0.273. The van der Waals surface area contributed by atoms with Crippen LogP contribution in [0.25, 0.3) is 0 Å². The smallest absolute Gasteiger partial charge is 0.256 e. The van der Waals surface area contributed by atoms with E-state index in [4.69, 9.17) is 11.6 Å².